The summed E-state index contributed by atoms with van der Waals surface area (Å²) in [6, 6.07) is 0. The van der Waals surface area contributed by atoms with Gasteiger partial charge in [-0.3, -0.25) is 0 Å². The molecule has 0 aliphatic heterocycles. The van der Waals surface area contributed by atoms with Gasteiger partial charge in [0, 0.05) is 13.1 Å². The van der Waals surface area contributed by atoms with E-state index in [1.165, 1.54) is 18.4 Å². The highest BCUT2D eigenvalue weighted by atomic mass is 14.9. The van der Waals surface area contributed by atoms with Crippen LogP contribution in [0.1, 0.15) is 26.2 Å². The third-order valence-electron chi connectivity index (χ3n) is 1.53. The van der Waals surface area contributed by atoms with Crippen molar-refractivity contribution >= 4 is 0 Å². The molecular formula is C9H20N2. The largest absolute Gasteiger partial charge is 0.329 e. The summed E-state index contributed by atoms with van der Waals surface area (Å²) < 4.78 is 0. The molecule has 0 spiro atoms. The van der Waals surface area contributed by atoms with Crippen LogP contribution >= 0.6 is 0 Å². The molecule has 0 aromatic carbocycles. The van der Waals surface area contributed by atoms with E-state index in [0.717, 1.165) is 26.1 Å². The van der Waals surface area contributed by atoms with Crippen molar-refractivity contribution < 1.29 is 0 Å². The van der Waals surface area contributed by atoms with Crippen molar-refractivity contribution in [3.63, 3.8) is 0 Å². The van der Waals surface area contributed by atoms with E-state index in [4.69, 9.17) is 5.73 Å². The van der Waals surface area contributed by atoms with E-state index in [0.29, 0.717) is 0 Å². The molecule has 0 aromatic rings. The van der Waals surface area contributed by atoms with Gasteiger partial charge in [0.25, 0.3) is 0 Å². The van der Waals surface area contributed by atoms with E-state index in [9.17, 15) is 0 Å². The van der Waals surface area contributed by atoms with E-state index < -0.39 is 0 Å². The summed E-state index contributed by atoms with van der Waals surface area (Å²) in [5.41, 5.74) is 6.60. The standard InChI is InChI=1S/C9H20N2/c1-9(2)5-3-4-7-11-8-6-10/h11H,1,3-8,10H2,2H3. The van der Waals surface area contributed by atoms with Crippen LogP contribution in [-0.4, -0.2) is 19.6 Å². The summed E-state index contributed by atoms with van der Waals surface area (Å²) in [5.74, 6) is 0. The number of rotatable bonds is 7. The molecule has 0 atom stereocenters. The van der Waals surface area contributed by atoms with Crippen molar-refractivity contribution in [1.82, 2.24) is 5.32 Å². The van der Waals surface area contributed by atoms with Crippen molar-refractivity contribution in [3.05, 3.63) is 12.2 Å². The van der Waals surface area contributed by atoms with Crippen LogP contribution in [0.15, 0.2) is 12.2 Å². The molecule has 2 nitrogen and oxygen atoms in total. The van der Waals surface area contributed by atoms with Gasteiger partial charge in [0.2, 0.25) is 0 Å². The summed E-state index contributed by atoms with van der Waals surface area (Å²) in [7, 11) is 0. The zero-order valence-electron chi connectivity index (χ0n) is 7.53. The van der Waals surface area contributed by atoms with Gasteiger partial charge < -0.3 is 11.1 Å². The van der Waals surface area contributed by atoms with Crippen LogP contribution in [0.25, 0.3) is 0 Å². The first-order chi connectivity index (χ1) is 5.27. The first kappa shape index (κ1) is 10.7. The summed E-state index contributed by atoms with van der Waals surface area (Å²) in [6.45, 7) is 8.69. The SMILES string of the molecule is C=C(C)CCCCNCCN. The maximum atomic E-state index is 5.31. The minimum Gasteiger partial charge on any atom is -0.329 e. The molecule has 0 rings (SSSR count). The minimum absolute atomic E-state index is 0.737. The van der Waals surface area contributed by atoms with Gasteiger partial charge >= 0.3 is 0 Å². The fraction of sp³-hybridized carbons (Fsp3) is 0.778. The summed E-state index contributed by atoms with van der Waals surface area (Å²) in [4.78, 5) is 0. The maximum absolute atomic E-state index is 5.31. The Morgan fingerprint density at radius 1 is 1.36 bits per heavy atom. The van der Waals surface area contributed by atoms with Gasteiger partial charge in [-0.05, 0) is 32.7 Å². The average Bonchev–Trinajstić information content (AvgIpc) is 1.96. The van der Waals surface area contributed by atoms with Crippen LogP contribution in [0.5, 0.6) is 0 Å². The predicted octanol–water partition coefficient (Wildman–Crippen LogP) is 1.28. The van der Waals surface area contributed by atoms with Gasteiger partial charge in [-0.1, -0.05) is 5.57 Å². The maximum Gasteiger partial charge on any atom is 0.00745 e. The second kappa shape index (κ2) is 7.76. The van der Waals surface area contributed by atoms with Crippen LogP contribution in [0.2, 0.25) is 0 Å². The summed E-state index contributed by atoms with van der Waals surface area (Å²) >= 11 is 0. The van der Waals surface area contributed by atoms with Gasteiger partial charge in [0.05, 0.1) is 0 Å². The minimum atomic E-state index is 0.737. The number of nitrogens with two attached hydrogens (primary N) is 1. The van der Waals surface area contributed by atoms with Gasteiger partial charge in [0.15, 0.2) is 0 Å². The molecule has 0 fully saturated rings. The monoisotopic (exact) mass is 156 g/mol. The quantitative estimate of drug-likeness (QED) is 0.430. The van der Waals surface area contributed by atoms with Gasteiger partial charge in [-0.25, -0.2) is 0 Å². The fourth-order valence-corrected chi connectivity index (χ4v) is 0.904. The van der Waals surface area contributed by atoms with E-state index in [1.807, 2.05) is 0 Å². The van der Waals surface area contributed by atoms with E-state index in [-0.39, 0.29) is 0 Å². The lowest BCUT2D eigenvalue weighted by atomic mass is 10.1. The van der Waals surface area contributed by atoms with Crippen LogP contribution in [0, 0.1) is 0 Å². The molecule has 0 bridgehead atoms. The number of hydrogen-bond acceptors (Lipinski definition) is 2. The Bertz CT molecular complexity index is 99.7. The number of allylic oxidation sites excluding steroid dienone is 1. The zero-order chi connectivity index (χ0) is 8.53. The van der Waals surface area contributed by atoms with Crippen LogP contribution in [0.3, 0.4) is 0 Å². The lowest BCUT2D eigenvalue weighted by molar-refractivity contribution is 0.626. The molecule has 0 heterocycles. The van der Waals surface area contributed by atoms with Crippen LogP contribution in [0.4, 0.5) is 0 Å². The third-order valence-corrected chi connectivity index (χ3v) is 1.53. The van der Waals surface area contributed by atoms with E-state index in [2.05, 4.69) is 18.8 Å². The van der Waals surface area contributed by atoms with Crippen molar-refractivity contribution in [3.8, 4) is 0 Å². The lowest BCUT2D eigenvalue weighted by Crippen LogP contribution is -2.23. The van der Waals surface area contributed by atoms with Gasteiger partial charge in [-0.2, -0.15) is 0 Å². The molecule has 0 amide bonds. The fourth-order valence-electron chi connectivity index (χ4n) is 0.904. The first-order valence-electron chi connectivity index (χ1n) is 4.32. The summed E-state index contributed by atoms with van der Waals surface area (Å²) in [6.07, 6.45) is 3.63. The van der Waals surface area contributed by atoms with Crippen LogP contribution < -0.4 is 11.1 Å². The molecule has 0 saturated carbocycles. The van der Waals surface area contributed by atoms with E-state index in [1.54, 1.807) is 0 Å². The second-order valence-electron chi connectivity index (χ2n) is 2.95. The summed E-state index contributed by atoms with van der Waals surface area (Å²) in [5, 5.41) is 3.25. The molecule has 0 aliphatic carbocycles. The predicted molar refractivity (Wildman–Crippen MR) is 50.6 cm³/mol. The van der Waals surface area contributed by atoms with Crippen molar-refractivity contribution in [1.29, 1.82) is 0 Å². The lowest BCUT2D eigenvalue weighted by Gasteiger charge is -2.02. The molecule has 0 radical (unpaired) electrons. The van der Waals surface area contributed by atoms with Crippen molar-refractivity contribution in [2.45, 2.75) is 26.2 Å². The van der Waals surface area contributed by atoms with Crippen molar-refractivity contribution in [2.75, 3.05) is 19.6 Å². The van der Waals surface area contributed by atoms with Crippen LogP contribution in [-0.2, 0) is 0 Å². The van der Waals surface area contributed by atoms with Crippen molar-refractivity contribution in [2.24, 2.45) is 5.73 Å². The third kappa shape index (κ3) is 9.66. The molecule has 2 heteroatoms. The highest BCUT2D eigenvalue weighted by Crippen LogP contribution is 2.01. The topological polar surface area (TPSA) is 38.0 Å². The Labute approximate surface area is 69.9 Å². The first-order valence-corrected chi connectivity index (χ1v) is 4.32. The second-order valence-corrected chi connectivity index (χ2v) is 2.95. The Hall–Kier alpha value is -0.340. The molecule has 0 unspecified atom stereocenters. The normalized spacial score (nSPS) is 10.0. The highest BCUT2D eigenvalue weighted by molar-refractivity contribution is 4.87. The average molecular weight is 156 g/mol. The smallest absolute Gasteiger partial charge is 0.00745 e. The van der Waals surface area contributed by atoms with E-state index >= 15 is 0 Å². The zero-order valence-corrected chi connectivity index (χ0v) is 7.53. The Kier molecular flexibility index (Phi) is 7.52. The molecular weight excluding hydrogens is 136 g/mol. The molecule has 11 heavy (non-hydrogen) atoms. The molecule has 0 aromatic heterocycles. The molecule has 66 valence electrons. The number of hydrogen-bond donors (Lipinski definition) is 2. The number of unbranched alkanes of at least 4 members (excludes halogenated alkanes) is 1. The number of nitrogens with one attached hydrogen (secondary N) is 1. The van der Waals surface area contributed by atoms with Gasteiger partial charge in [0.1, 0.15) is 0 Å². The Morgan fingerprint density at radius 2 is 2.09 bits per heavy atom. The van der Waals surface area contributed by atoms with Gasteiger partial charge in [-0.15, -0.1) is 6.58 Å². The molecule has 3 N–H and O–H groups in total. The molecule has 0 aliphatic rings. The highest BCUT2D eigenvalue weighted by Gasteiger charge is 1.88. The molecule has 0 saturated heterocycles. The Morgan fingerprint density at radius 3 is 2.64 bits per heavy atom. The Balaban J connectivity index is 2.85.